The molecule has 0 saturated heterocycles. The molecule has 0 radical (unpaired) electrons. The first-order chi connectivity index (χ1) is 12.8. The zero-order chi connectivity index (χ0) is 18.2. The smallest absolute Gasteiger partial charge is 0.254 e. The molecule has 6 heteroatoms. The Labute approximate surface area is 154 Å². The van der Waals surface area contributed by atoms with Crippen molar-refractivity contribution in [1.29, 1.82) is 0 Å². The van der Waals surface area contributed by atoms with E-state index < -0.39 is 0 Å². The van der Waals surface area contributed by atoms with Crippen molar-refractivity contribution in [1.82, 2.24) is 15.3 Å². The Bertz CT molecular complexity index is 710. The summed E-state index contributed by atoms with van der Waals surface area (Å²) in [5.74, 6) is 1.08. The Hall–Kier alpha value is -2.63. The summed E-state index contributed by atoms with van der Waals surface area (Å²) >= 11 is 0. The maximum atomic E-state index is 12.4. The quantitative estimate of drug-likeness (QED) is 0.765. The van der Waals surface area contributed by atoms with Crippen molar-refractivity contribution in [2.45, 2.75) is 51.5 Å². The summed E-state index contributed by atoms with van der Waals surface area (Å²) in [4.78, 5) is 20.9. The molecule has 26 heavy (non-hydrogen) atoms. The lowest BCUT2D eigenvalue weighted by Gasteiger charge is -2.16. The molecule has 1 aromatic carbocycles. The third-order valence-electron chi connectivity index (χ3n) is 4.54. The largest absolute Gasteiger partial charge is 0.492 e. The molecule has 0 atom stereocenters. The number of carbonyl (C=O) groups is 1. The monoisotopic (exact) mass is 354 g/mol. The Morgan fingerprint density at radius 3 is 2.50 bits per heavy atom. The highest BCUT2D eigenvalue weighted by Gasteiger charge is 2.16. The fourth-order valence-electron chi connectivity index (χ4n) is 3.17. The number of nitrogens with zero attached hydrogens (tertiary/aromatic N) is 2. The minimum atomic E-state index is -0.0989. The Morgan fingerprint density at radius 1 is 1.12 bits per heavy atom. The number of amides is 1. The maximum Gasteiger partial charge on any atom is 0.254 e. The molecule has 3 rings (SSSR count). The van der Waals surface area contributed by atoms with E-state index >= 15 is 0 Å². The molecule has 1 fully saturated rings. The van der Waals surface area contributed by atoms with Gasteiger partial charge in [-0.2, -0.15) is 0 Å². The van der Waals surface area contributed by atoms with E-state index in [9.17, 15) is 4.79 Å². The van der Waals surface area contributed by atoms with E-state index in [1.165, 1.54) is 25.7 Å². The fourth-order valence-corrected chi connectivity index (χ4v) is 3.17. The van der Waals surface area contributed by atoms with Gasteiger partial charge in [0, 0.05) is 18.4 Å². The van der Waals surface area contributed by atoms with Gasteiger partial charge in [-0.05, 0) is 31.9 Å². The van der Waals surface area contributed by atoms with E-state index in [0.29, 0.717) is 18.1 Å². The minimum Gasteiger partial charge on any atom is -0.492 e. The topological polar surface area (TPSA) is 76.1 Å². The molecular formula is C20H26N4O2. The number of hydrogen-bond donors (Lipinski definition) is 2. The third kappa shape index (κ3) is 4.94. The van der Waals surface area contributed by atoms with Crippen LogP contribution in [-0.4, -0.2) is 28.5 Å². The summed E-state index contributed by atoms with van der Waals surface area (Å²) in [5.41, 5.74) is 1.28. The molecule has 1 aromatic heterocycles. The van der Waals surface area contributed by atoms with Crippen LogP contribution >= 0.6 is 0 Å². The second kappa shape index (κ2) is 9.17. The normalized spacial score (nSPS) is 15.1. The number of anilines is 2. The highest BCUT2D eigenvalue weighted by atomic mass is 16.5. The predicted octanol–water partition coefficient (Wildman–Crippen LogP) is 4.07. The number of aromatic nitrogens is 2. The highest BCUT2D eigenvalue weighted by molar-refractivity contribution is 5.93. The lowest BCUT2D eigenvalue weighted by molar-refractivity contribution is 0.0932. The van der Waals surface area contributed by atoms with Crippen LogP contribution in [0.15, 0.2) is 36.7 Å². The van der Waals surface area contributed by atoms with Crippen molar-refractivity contribution in [2.24, 2.45) is 0 Å². The molecule has 138 valence electrons. The van der Waals surface area contributed by atoms with Gasteiger partial charge in [-0.1, -0.05) is 37.8 Å². The number of rotatable bonds is 6. The third-order valence-corrected chi connectivity index (χ3v) is 4.54. The van der Waals surface area contributed by atoms with Crippen LogP contribution in [-0.2, 0) is 0 Å². The fraction of sp³-hybridized carbons (Fsp3) is 0.450. The van der Waals surface area contributed by atoms with Gasteiger partial charge in [-0.3, -0.25) is 4.79 Å². The standard InChI is InChI=1S/C20H26N4O2/c1-2-26-18-12-8-7-11-17(18)24-20-21-13-15(14-22-20)19(25)23-16-9-5-3-4-6-10-16/h7-8,11-14,16H,2-6,9-10H2,1H3,(H,23,25)(H,21,22,24). The van der Waals surface area contributed by atoms with Crippen molar-refractivity contribution in [3.8, 4) is 5.75 Å². The van der Waals surface area contributed by atoms with Crippen LogP contribution in [0, 0.1) is 0 Å². The van der Waals surface area contributed by atoms with Crippen LogP contribution in [0.4, 0.5) is 11.6 Å². The molecule has 1 saturated carbocycles. The number of benzene rings is 1. The summed E-state index contributed by atoms with van der Waals surface area (Å²) in [7, 11) is 0. The van der Waals surface area contributed by atoms with Crippen LogP contribution in [0.1, 0.15) is 55.8 Å². The molecule has 1 heterocycles. The van der Waals surface area contributed by atoms with Crippen LogP contribution < -0.4 is 15.4 Å². The number of nitrogens with one attached hydrogen (secondary N) is 2. The van der Waals surface area contributed by atoms with Crippen molar-refractivity contribution >= 4 is 17.5 Å². The van der Waals surface area contributed by atoms with Gasteiger partial charge >= 0.3 is 0 Å². The van der Waals surface area contributed by atoms with Crippen molar-refractivity contribution in [2.75, 3.05) is 11.9 Å². The lowest BCUT2D eigenvalue weighted by Crippen LogP contribution is -2.34. The second-order valence-electron chi connectivity index (χ2n) is 6.51. The first-order valence-corrected chi connectivity index (χ1v) is 9.38. The van der Waals surface area contributed by atoms with E-state index in [1.54, 1.807) is 12.4 Å². The number of ether oxygens (including phenoxy) is 1. The first-order valence-electron chi connectivity index (χ1n) is 9.38. The van der Waals surface area contributed by atoms with Crippen LogP contribution in [0.3, 0.4) is 0 Å². The average molecular weight is 354 g/mol. The summed E-state index contributed by atoms with van der Waals surface area (Å²) in [6.07, 6.45) is 10.1. The van der Waals surface area contributed by atoms with Gasteiger partial charge in [0.2, 0.25) is 5.95 Å². The SMILES string of the molecule is CCOc1ccccc1Nc1ncc(C(=O)NC2CCCCCC2)cn1. The molecule has 6 nitrogen and oxygen atoms in total. The summed E-state index contributed by atoms with van der Waals surface area (Å²) in [6, 6.07) is 7.89. The van der Waals surface area contributed by atoms with Crippen LogP contribution in [0.2, 0.25) is 0 Å². The number of hydrogen-bond acceptors (Lipinski definition) is 5. The summed E-state index contributed by atoms with van der Waals surface area (Å²) < 4.78 is 5.58. The van der Waals surface area contributed by atoms with Gasteiger partial charge in [-0.15, -0.1) is 0 Å². The Balaban J connectivity index is 1.62. The van der Waals surface area contributed by atoms with Crippen molar-refractivity contribution in [3.63, 3.8) is 0 Å². The van der Waals surface area contributed by atoms with E-state index in [4.69, 9.17) is 4.74 Å². The molecule has 0 unspecified atom stereocenters. The van der Waals surface area contributed by atoms with Crippen molar-refractivity contribution < 1.29 is 9.53 Å². The summed E-state index contributed by atoms with van der Waals surface area (Å²) in [5, 5.41) is 6.25. The maximum absolute atomic E-state index is 12.4. The summed E-state index contributed by atoms with van der Waals surface area (Å²) in [6.45, 7) is 2.52. The molecule has 2 aromatic rings. The predicted molar refractivity (Wildman–Crippen MR) is 102 cm³/mol. The molecule has 2 N–H and O–H groups in total. The van der Waals surface area contributed by atoms with E-state index in [0.717, 1.165) is 24.3 Å². The lowest BCUT2D eigenvalue weighted by atomic mass is 10.1. The number of para-hydroxylation sites is 2. The second-order valence-corrected chi connectivity index (χ2v) is 6.51. The van der Waals surface area contributed by atoms with Crippen LogP contribution in [0.5, 0.6) is 5.75 Å². The first kappa shape index (κ1) is 18.2. The average Bonchev–Trinajstić information content (AvgIpc) is 2.93. The Kier molecular flexibility index (Phi) is 6.41. The minimum absolute atomic E-state index is 0.0989. The van der Waals surface area contributed by atoms with Gasteiger partial charge < -0.3 is 15.4 Å². The zero-order valence-corrected chi connectivity index (χ0v) is 15.2. The van der Waals surface area contributed by atoms with E-state index in [2.05, 4.69) is 20.6 Å². The molecule has 0 bridgehead atoms. The van der Waals surface area contributed by atoms with Gasteiger partial charge in [-0.25, -0.2) is 9.97 Å². The van der Waals surface area contributed by atoms with Gasteiger partial charge in [0.15, 0.2) is 0 Å². The van der Waals surface area contributed by atoms with E-state index in [-0.39, 0.29) is 11.9 Å². The highest BCUT2D eigenvalue weighted by Crippen LogP contribution is 2.26. The van der Waals surface area contributed by atoms with Crippen molar-refractivity contribution in [3.05, 3.63) is 42.2 Å². The molecular weight excluding hydrogens is 328 g/mol. The van der Waals surface area contributed by atoms with Gasteiger partial charge in [0.25, 0.3) is 5.91 Å². The molecule has 1 aliphatic carbocycles. The Morgan fingerprint density at radius 2 is 1.81 bits per heavy atom. The zero-order valence-electron chi connectivity index (χ0n) is 15.2. The molecule has 1 aliphatic rings. The van der Waals surface area contributed by atoms with Gasteiger partial charge in [0.05, 0.1) is 17.9 Å². The number of carbonyl (C=O) groups excluding carboxylic acids is 1. The van der Waals surface area contributed by atoms with Crippen LogP contribution in [0.25, 0.3) is 0 Å². The molecule has 0 spiro atoms. The van der Waals surface area contributed by atoms with E-state index in [1.807, 2.05) is 31.2 Å². The van der Waals surface area contributed by atoms with Gasteiger partial charge in [0.1, 0.15) is 5.75 Å². The molecule has 0 aliphatic heterocycles. The molecule has 1 amide bonds.